The van der Waals surface area contributed by atoms with Crippen LogP contribution in [0.2, 0.25) is 0 Å². The van der Waals surface area contributed by atoms with Crippen LogP contribution in [0, 0.1) is 5.41 Å². The van der Waals surface area contributed by atoms with E-state index in [1.807, 2.05) is 11.8 Å². The molecular formula is C18H28N2S. The molecule has 1 atom stereocenters. The minimum atomic E-state index is 0.137. The first-order valence-electron chi connectivity index (χ1n) is 7.73. The van der Waals surface area contributed by atoms with Gasteiger partial charge in [0, 0.05) is 10.9 Å². The predicted octanol–water partition coefficient (Wildman–Crippen LogP) is 5.30. The summed E-state index contributed by atoms with van der Waals surface area (Å²) in [6, 6.07) is 8.55. The van der Waals surface area contributed by atoms with Crippen LogP contribution >= 0.6 is 11.8 Å². The zero-order valence-electron chi connectivity index (χ0n) is 14.2. The van der Waals surface area contributed by atoms with Gasteiger partial charge in [0.15, 0.2) is 5.17 Å². The highest BCUT2D eigenvalue weighted by molar-refractivity contribution is 8.15. The van der Waals surface area contributed by atoms with E-state index in [9.17, 15) is 0 Å². The fourth-order valence-electron chi connectivity index (χ4n) is 2.64. The number of benzene rings is 1. The molecule has 0 amide bonds. The smallest absolute Gasteiger partial charge is 0.161 e. The predicted molar refractivity (Wildman–Crippen MR) is 96.5 cm³/mol. The minimum absolute atomic E-state index is 0.137. The van der Waals surface area contributed by atoms with Crippen LogP contribution in [0.3, 0.4) is 0 Å². The Kier molecular flexibility index (Phi) is 4.72. The van der Waals surface area contributed by atoms with Crippen molar-refractivity contribution in [3.8, 4) is 0 Å². The monoisotopic (exact) mass is 304 g/mol. The molecule has 1 aliphatic heterocycles. The molecule has 2 nitrogen and oxygen atoms in total. The molecule has 1 aromatic rings. The Labute approximate surface area is 133 Å². The molecular weight excluding hydrogens is 276 g/mol. The quantitative estimate of drug-likeness (QED) is 0.801. The van der Waals surface area contributed by atoms with E-state index in [1.54, 1.807) is 0 Å². The minimum Gasteiger partial charge on any atom is -0.335 e. The molecule has 1 N–H and O–H groups in total. The first kappa shape index (κ1) is 16.4. The van der Waals surface area contributed by atoms with Gasteiger partial charge in [0.1, 0.15) is 0 Å². The summed E-state index contributed by atoms with van der Waals surface area (Å²) in [6.07, 6.45) is 1.20. The van der Waals surface area contributed by atoms with Crippen molar-refractivity contribution in [1.82, 2.24) is 0 Å². The van der Waals surface area contributed by atoms with Gasteiger partial charge in [-0.2, -0.15) is 0 Å². The summed E-state index contributed by atoms with van der Waals surface area (Å²) in [4.78, 5) is 4.69. The van der Waals surface area contributed by atoms with Crippen molar-refractivity contribution in [2.75, 3.05) is 11.9 Å². The number of anilines is 1. The van der Waals surface area contributed by atoms with E-state index in [1.165, 1.54) is 17.7 Å². The van der Waals surface area contributed by atoms with Crippen LogP contribution < -0.4 is 5.32 Å². The van der Waals surface area contributed by atoms with Crippen LogP contribution in [0.4, 0.5) is 5.69 Å². The Balaban J connectivity index is 2.05. The molecule has 116 valence electrons. The van der Waals surface area contributed by atoms with Gasteiger partial charge < -0.3 is 5.32 Å². The van der Waals surface area contributed by atoms with Gasteiger partial charge in [-0.3, -0.25) is 4.99 Å². The molecule has 1 heterocycles. The van der Waals surface area contributed by atoms with E-state index < -0.39 is 0 Å². The molecule has 0 fully saturated rings. The summed E-state index contributed by atoms with van der Waals surface area (Å²) < 4.78 is 0. The summed E-state index contributed by atoms with van der Waals surface area (Å²) in [5.41, 5.74) is 3.03. The Morgan fingerprint density at radius 2 is 1.81 bits per heavy atom. The number of aliphatic imine (C=N–C) groups is 1. The number of amidine groups is 1. The topological polar surface area (TPSA) is 24.4 Å². The number of hydrogen-bond acceptors (Lipinski definition) is 3. The van der Waals surface area contributed by atoms with Gasteiger partial charge in [0.05, 0.1) is 6.54 Å². The molecule has 1 unspecified atom stereocenters. The molecule has 3 heteroatoms. The highest BCUT2D eigenvalue weighted by atomic mass is 32.2. The maximum absolute atomic E-state index is 4.69. The van der Waals surface area contributed by atoms with Crippen LogP contribution in [-0.2, 0) is 5.41 Å². The van der Waals surface area contributed by atoms with E-state index in [2.05, 4.69) is 76.1 Å². The second-order valence-corrected chi connectivity index (χ2v) is 9.36. The lowest BCUT2D eigenvalue weighted by Gasteiger charge is -2.24. The van der Waals surface area contributed by atoms with Crippen LogP contribution in [0.15, 0.2) is 29.3 Å². The van der Waals surface area contributed by atoms with Crippen molar-refractivity contribution < 1.29 is 0 Å². The van der Waals surface area contributed by atoms with Gasteiger partial charge in [-0.25, -0.2) is 0 Å². The van der Waals surface area contributed by atoms with E-state index in [0.717, 1.165) is 11.7 Å². The number of para-hydroxylation sites is 1. The molecule has 0 spiro atoms. The molecule has 0 saturated carbocycles. The fraction of sp³-hybridized carbons (Fsp3) is 0.611. The molecule has 2 rings (SSSR count). The van der Waals surface area contributed by atoms with Gasteiger partial charge in [-0.15, -0.1) is 0 Å². The average molecular weight is 305 g/mol. The maximum Gasteiger partial charge on any atom is 0.161 e. The van der Waals surface area contributed by atoms with Crippen LogP contribution in [0.5, 0.6) is 0 Å². The molecule has 1 aromatic carbocycles. The molecule has 0 radical (unpaired) electrons. The molecule has 0 aromatic heterocycles. The second-order valence-electron chi connectivity index (χ2n) is 8.07. The standard InChI is InChI=1S/C18H28N2S/c1-17(2,3)11-13-12-19-16(21-13)20-15-10-8-7-9-14(15)18(4,5)6/h7-10,13H,11-12H2,1-6H3,(H,19,20). The summed E-state index contributed by atoms with van der Waals surface area (Å²) in [6.45, 7) is 14.6. The van der Waals surface area contributed by atoms with Crippen molar-refractivity contribution in [1.29, 1.82) is 0 Å². The average Bonchev–Trinajstić information content (AvgIpc) is 2.73. The lowest BCUT2D eigenvalue weighted by molar-refractivity contribution is 0.375. The summed E-state index contributed by atoms with van der Waals surface area (Å²) >= 11 is 1.89. The zero-order valence-corrected chi connectivity index (χ0v) is 15.0. The Bertz CT molecular complexity index is 521. The summed E-state index contributed by atoms with van der Waals surface area (Å²) in [7, 11) is 0. The van der Waals surface area contributed by atoms with E-state index in [4.69, 9.17) is 0 Å². The van der Waals surface area contributed by atoms with Gasteiger partial charge in [0.2, 0.25) is 0 Å². The van der Waals surface area contributed by atoms with E-state index in [-0.39, 0.29) is 5.41 Å². The Morgan fingerprint density at radius 3 is 2.43 bits per heavy atom. The SMILES string of the molecule is CC(C)(C)CC1CN=C(Nc2ccccc2C(C)(C)C)S1. The Morgan fingerprint density at radius 1 is 1.14 bits per heavy atom. The summed E-state index contributed by atoms with van der Waals surface area (Å²) in [5, 5.41) is 5.22. The molecule has 21 heavy (non-hydrogen) atoms. The normalized spacial score (nSPS) is 19.5. The van der Waals surface area contributed by atoms with Crippen molar-refractivity contribution in [2.24, 2.45) is 10.4 Å². The third-order valence-electron chi connectivity index (χ3n) is 3.53. The third-order valence-corrected chi connectivity index (χ3v) is 4.64. The number of hydrogen-bond donors (Lipinski definition) is 1. The van der Waals surface area contributed by atoms with Crippen molar-refractivity contribution in [2.45, 2.75) is 58.6 Å². The fourth-order valence-corrected chi connectivity index (χ4v) is 4.00. The molecule has 0 bridgehead atoms. The van der Waals surface area contributed by atoms with E-state index in [0.29, 0.717) is 10.7 Å². The first-order chi connectivity index (χ1) is 9.65. The maximum atomic E-state index is 4.69. The lowest BCUT2D eigenvalue weighted by Crippen LogP contribution is -2.18. The number of nitrogens with one attached hydrogen (secondary N) is 1. The van der Waals surface area contributed by atoms with Crippen molar-refractivity contribution in [3.05, 3.63) is 29.8 Å². The Hall–Kier alpha value is -0.960. The summed E-state index contributed by atoms with van der Waals surface area (Å²) in [5.74, 6) is 0. The van der Waals surface area contributed by atoms with E-state index >= 15 is 0 Å². The van der Waals surface area contributed by atoms with Crippen molar-refractivity contribution >= 4 is 22.6 Å². The van der Waals surface area contributed by atoms with Gasteiger partial charge in [-0.1, -0.05) is 71.5 Å². The third kappa shape index (κ3) is 4.77. The van der Waals surface area contributed by atoms with Gasteiger partial charge in [-0.05, 0) is 28.9 Å². The number of rotatable bonds is 2. The highest BCUT2D eigenvalue weighted by Crippen LogP contribution is 2.34. The van der Waals surface area contributed by atoms with Crippen LogP contribution in [0.1, 0.15) is 53.5 Å². The molecule has 1 aliphatic rings. The first-order valence-corrected chi connectivity index (χ1v) is 8.61. The highest BCUT2D eigenvalue weighted by Gasteiger charge is 2.26. The largest absolute Gasteiger partial charge is 0.335 e. The van der Waals surface area contributed by atoms with Crippen molar-refractivity contribution in [3.63, 3.8) is 0 Å². The molecule has 0 saturated heterocycles. The number of nitrogens with zero attached hydrogens (tertiary/aromatic N) is 1. The van der Waals surface area contributed by atoms with Crippen LogP contribution in [0.25, 0.3) is 0 Å². The van der Waals surface area contributed by atoms with Gasteiger partial charge >= 0.3 is 0 Å². The van der Waals surface area contributed by atoms with Crippen LogP contribution in [-0.4, -0.2) is 17.0 Å². The number of thioether (sulfide) groups is 1. The molecule has 0 aliphatic carbocycles. The van der Waals surface area contributed by atoms with Gasteiger partial charge in [0.25, 0.3) is 0 Å². The second kappa shape index (κ2) is 6.04. The zero-order chi connectivity index (χ0) is 15.7. The lowest BCUT2D eigenvalue weighted by atomic mass is 9.86.